The van der Waals surface area contributed by atoms with E-state index in [9.17, 15) is 8.42 Å². The van der Waals surface area contributed by atoms with Crippen LogP contribution in [0.5, 0.6) is 0 Å². The molecule has 17 heavy (non-hydrogen) atoms. The highest BCUT2D eigenvalue weighted by molar-refractivity contribution is 7.92. The van der Waals surface area contributed by atoms with Gasteiger partial charge in [-0.05, 0) is 42.9 Å². The zero-order valence-electron chi connectivity index (χ0n) is 10.5. The Hall–Kier alpha value is -0.830. The van der Waals surface area contributed by atoms with E-state index >= 15 is 0 Å². The second-order valence-corrected chi connectivity index (χ2v) is 7.16. The van der Waals surface area contributed by atoms with Crippen molar-refractivity contribution in [1.29, 1.82) is 0 Å². The number of hydrogen-bond donors (Lipinski definition) is 0. The quantitative estimate of drug-likeness (QED) is 0.827. The molecule has 3 heteroatoms. The van der Waals surface area contributed by atoms with Crippen molar-refractivity contribution in [2.24, 2.45) is 5.92 Å². The highest BCUT2D eigenvalue weighted by Crippen LogP contribution is 2.34. The second-order valence-electron chi connectivity index (χ2n) is 4.99. The van der Waals surface area contributed by atoms with E-state index in [4.69, 9.17) is 0 Å². The van der Waals surface area contributed by atoms with Gasteiger partial charge in [-0.25, -0.2) is 8.42 Å². The zero-order valence-corrected chi connectivity index (χ0v) is 11.3. The minimum Gasteiger partial charge on any atom is -0.223 e. The van der Waals surface area contributed by atoms with Crippen LogP contribution < -0.4 is 0 Å². The van der Waals surface area contributed by atoms with Crippen LogP contribution in [0.25, 0.3) is 0 Å². The molecule has 0 aromatic heterocycles. The molecule has 2 unspecified atom stereocenters. The summed E-state index contributed by atoms with van der Waals surface area (Å²) in [5.41, 5.74) is 1.18. The molecule has 2 rings (SSSR count). The van der Waals surface area contributed by atoms with E-state index in [0.717, 1.165) is 25.7 Å². The Morgan fingerprint density at radius 3 is 2.29 bits per heavy atom. The molecule has 0 N–H and O–H groups in total. The number of rotatable bonds is 3. The van der Waals surface area contributed by atoms with Gasteiger partial charge in [0.2, 0.25) is 0 Å². The van der Waals surface area contributed by atoms with Crippen molar-refractivity contribution in [2.75, 3.05) is 0 Å². The highest BCUT2D eigenvalue weighted by Gasteiger charge is 2.35. The van der Waals surface area contributed by atoms with E-state index in [-0.39, 0.29) is 5.25 Å². The molecule has 94 valence electrons. The summed E-state index contributed by atoms with van der Waals surface area (Å²) in [4.78, 5) is 0.494. The Balaban J connectivity index is 2.31. The molecule has 0 amide bonds. The standard InChI is InChI=1S/C14H20O2S/c1-3-12-7-9-13(10-8-12)17(15,16)14-6-4-5-11(14)2/h7-11,14H,3-6H2,1-2H3. The molecule has 0 radical (unpaired) electrons. The fraction of sp³-hybridized carbons (Fsp3) is 0.571. The van der Waals surface area contributed by atoms with Crippen molar-refractivity contribution in [3.8, 4) is 0 Å². The van der Waals surface area contributed by atoms with Crippen LogP contribution in [0.15, 0.2) is 29.2 Å². The molecule has 1 saturated carbocycles. The maximum absolute atomic E-state index is 12.4. The van der Waals surface area contributed by atoms with Gasteiger partial charge in [0, 0.05) is 0 Å². The summed E-state index contributed by atoms with van der Waals surface area (Å²) >= 11 is 0. The number of benzene rings is 1. The first kappa shape index (κ1) is 12.6. The van der Waals surface area contributed by atoms with E-state index in [2.05, 4.69) is 13.8 Å². The van der Waals surface area contributed by atoms with Gasteiger partial charge in [-0.2, -0.15) is 0 Å². The summed E-state index contributed by atoms with van der Waals surface area (Å²) in [6, 6.07) is 7.37. The Labute approximate surface area is 104 Å². The average molecular weight is 252 g/mol. The predicted octanol–water partition coefficient (Wildman–Crippen LogP) is 3.21. The van der Waals surface area contributed by atoms with E-state index in [1.807, 2.05) is 12.1 Å². The van der Waals surface area contributed by atoms with Gasteiger partial charge in [-0.3, -0.25) is 0 Å². The maximum Gasteiger partial charge on any atom is 0.181 e. The Kier molecular flexibility index (Phi) is 3.57. The van der Waals surface area contributed by atoms with Crippen molar-refractivity contribution in [3.05, 3.63) is 29.8 Å². The van der Waals surface area contributed by atoms with Crippen LogP contribution in [-0.4, -0.2) is 13.7 Å². The predicted molar refractivity (Wildman–Crippen MR) is 69.8 cm³/mol. The van der Waals surface area contributed by atoms with Gasteiger partial charge in [0.15, 0.2) is 9.84 Å². The molecule has 1 aliphatic carbocycles. The topological polar surface area (TPSA) is 34.1 Å². The van der Waals surface area contributed by atoms with Crippen molar-refractivity contribution < 1.29 is 8.42 Å². The molecule has 0 heterocycles. The third kappa shape index (κ3) is 2.39. The van der Waals surface area contributed by atoms with Gasteiger partial charge in [0.1, 0.15) is 0 Å². The molecule has 1 aromatic rings. The minimum atomic E-state index is -3.11. The molecular formula is C14H20O2S. The first-order chi connectivity index (χ1) is 8.05. The van der Waals surface area contributed by atoms with Crippen LogP contribution in [0.2, 0.25) is 0 Å². The molecule has 0 saturated heterocycles. The lowest BCUT2D eigenvalue weighted by Crippen LogP contribution is -2.23. The minimum absolute atomic E-state index is 0.171. The Morgan fingerprint density at radius 1 is 1.18 bits per heavy atom. The van der Waals surface area contributed by atoms with Gasteiger partial charge in [0.25, 0.3) is 0 Å². The van der Waals surface area contributed by atoms with Crippen LogP contribution in [0, 0.1) is 5.92 Å². The summed E-state index contributed by atoms with van der Waals surface area (Å²) in [5, 5.41) is -0.171. The molecule has 2 nitrogen and oxygen atoms in total. The Bertz CT molecular complexity index is 473. The summed E-state index contributed by atoms with van der Waals surface area (Å²) in [6.45, 7) is 4.12. The van der Waals surface area contributed by atoms with Crippen molar-refractivity contribution in [2.45, 2.75) is 49.7 Å². The average Bonchev–Trinajstić information content (AvgIpc) is 2.76. The van der Waals surface area contributed by atoms with Crippen LogP contribution in [-0.2, 0) is 16.3 Å². The zero-order chi connectivity index (χ0) is 12.5. The van der Waals surface area contributed by atoms with E-state index in [1.165, 1.54) is 5.56 Å². The second kappa shape index (κ2) is 4.81. The van der Waals surface area contributed by atoms with Crippen molar-refractivity contribution >= 4 is 9.84 Å². The fourth-order valence-corrected chi connectivity index (χ4v) is 4.75. The number of hydrogen-bond acceptors (Lipinski definition) is 2. The van der Waals surface area contributed by atoms with Gasteiger partial charge < -0.3 is 0 Å². The van der Waals surface area contributed by atoms with E-state index in [1.54, 1.807) is 12.1 Å². The first-order valence-corrected chi connectivity index (χ1v) is 7.93. The molecule has 0 bridgehead atoms. The summed E-state index contributed by atoms with van der Waals surface area (Å²) in [6.07, 6.45) is 3.84. The largest absolute Gasteiger partial charge is 0.223 e. The summed E-state index contributed by atoms with van der Waals surface area (Å²) in [7, 11) is -3.11. The van der Waals surface area contributed by atoms with Gasteiger partial charge in [-0.15, -0.1) is 0 Å². The molecule has 0 spiro atoms. The normalized spacial score (nSPS) is 25.1. The monoisotopic (exact) mass is 252 g/mol. The third-order valence-electron chi connectivity index (χ3n) is 3.84. The number of sulfone groups is 1. The van der Waals surface area contributed by atoms with Crippen LogP contribution in [0.4, 0.5) is 0 Å². The maximum atomic E-state index is 12.4. The van der Waals surface area contributed by atoms with Gasteiger partial charge >= 0.3 is 0 Å². The molecule has 1 aromatic carbocycles. The smallest absolute Gasteiger partial charge is 0.181 e. The van der Waals surface area contributed by atoms with E-state index < -0.39 is 9.84 Å². The highest BCUT2D eigenvalue weighted by atomic mass is 32.2. The van der Waals surface area contributed by atoms with Crippen LogP contribution in [0.1, 0.15) is 38.7 Å². The summed E-state index contributed by atoms with van der Waals surface area (Å²) in [5.74, 6) is 0.297. The van der Waals surface area contributed by atoms with Crippen LogP contribution >= 0.6 is 0 Å². The van der Waals surface area contributed by atoms with Crippen molar-refractivity contribution in [3.63, 3.8) is 0 Å². The first-order valence-electron chi connectivity index (χ1n) is 6.38. The molecular weight excluding hydrogens is 232 g/mol. The van der Waals surface area contributed by atoms with E-state index in [0.29, 0.717) is 10.8 Å². The Morgan fingerprint density at radius 2 is 1.82 bits per heavy atom. The molecule has 1 fully saturated rings. The molecule has 0 aliphatic heterocycles. The third-order valence-corrected chi connectivity index (χ3v) is 6.27. The molecule has 1 aliphatic rings. The van der Waals surface area contributed by atoms with Gasteiger partial charge in [0.05, 0.1) is 10.1 Å². The number of aryl methyl sites for hydroxylation is 1. The molecule has 2 atom stereocenters. The SMILES string of the molecule is CCc1ccc(S(=O)(=O)C2CCCC2C)cc1. The lowest BCUT2D eigenvalue weighted by atomic mass is 10.1. The van der Waals surface area contributed by atoms with Gasteiger partial charge in [-0.1, -0.05) is 32.4 Å². The lowest BCUT2D eigenvalue weighted by Gasteiger charge is -2.16. The summed E-state index contributed by atoms with van der Waals surface area (Å²) < 4.78 is 24.9. The fourth-order valence-electron chi connectivity index (χ4n) is 2.66. The van der Waals surface area contributed by atoms with Crippen LogP contribution in [0.3, 0.4) is 0 Å². The lowest BCUT2D eigenvalue weighted by molar-refractivity contribution is 0.545. The van der Waals surface area contributed by atoms with Crippen molar-refractivity contribution in [1.82, 2.24) is 0 Å².